The molecule has 8 aliphatic rings. The molecule has 3 aliphatic heterocycles. The highest BCUT2D eigenvalue weighted by molar-refractivity contribution is 5.93. The van der Waals surface area contributed by atoms with E-state index in [0.717, 1.165) is 58.3 Å². The van der Waals surface area contributed by atoms with Gasteiger partial charge in [-0.05, 0) is 117 Å². The van der Waals surface area contributed by atoms with Crippen molar-refractivity contribution < 1.29 is 24.0 Å². The van der Waals surface area contributed by atoms with E-state index in [1.807, 2.05) is 14.7 Å². The minimum absolute atomic E-state index is 0.0197. The summed E-state index contributed by atoms with van der Waals surface area (Å²) in [6.07, 6.45) is 12.3. The zero-order valence-electron chi connectivity index (χ0n) is 33.2. The van der Waals surface area contributed by atoms with Crippen LogP contribution in [-0.4, -0.2) is 107 Å². The summed E-state index contributed by atoms with van der Waals surface area (Å²) in [5, 5.41) is 4.43. The van der Waals surface area contributed by atoms with Crippen molar-refractivity contribution >= 4 is 40.4 Å². The first-order valence-corrected chi connectivity index (χ1v) is 21.5. The fraction of sp³-hybridized carbons (Fsp3) is 0.705. The van der Waals surface area contributed by atoms with Crippen molar-refractivity contribution in [3.05, 3.63) is 35.0 Å². The minimum atomic E-state index is -0.880. The Morgan fingerprint density at radius 2 is 1.55 bits per heavy atom. The number of hydrogen-bond acceptors (Lipinski definition) is 5. The molecule has 5 aliphatic carbocycles. The molecular formula is C44H60N6O5. The second kappa shape index (κ2) is 13.9. The number of nitrogens with one attached hydrogen (secondary N) is 2. The van der Waals surface area contributed by atoms with Gasteiger partial charge in [-0.3, -0.25) is 24.0 Å². The van der Waals surface area contributed by atoms with Crippen LogP contribution in [0, 0.1) is 40.9 Å². The lowest BCUT2D eigenvalue weighted by atomic mass is 9.49. The molecule has 2 saturated heterocycles. The number of nitrogens with zero attached hydrogens (tertiary/aromatic N) is 4. The van der Waals surface area contributed by atoms with Crippen LogP contribution in [0.25, 0.3) is 10.9 Å². The number of piperazine rings is 1. The van der Waals surface area contributed by atoms with Crippen molar-refractivity contribution in [2.45, 2.75) is 102 Å². The van der Waals surface area contributed by atoms with E-state index in [0.29, 0.717) is 71.4 Å². The number of aryl methyl sites for hydroxylation is 1. The highest BCUT2D eigenvalue weighted by atomic mass is 16.2. The molecule has 2 aromatic rings. The molecule has 0 unspecified atom stereocenters. The monoisotopic (exact) mass is 752 g/mol. The normalized spacial score (nSPS) is 32.4. The zero-order chi connectivity index (χ0) is 38.2. The standard InChI is InChI=1S/C44H60N6O5/c1-4-44-35(42(55)49-15-13-48(14-16-49)40(53)31-7-8-31)21-32(22-37(51)45-26-43-23-28-17-29(24-43)19-30(18-28)25-43)41(54)50(44)12-11-34-33-9-5-27(6-10-38(52)47(2)3)20-36(33)46-39(34)44/h5,9,20,28-32,35,46H,4,6-8,10-19,21-26H2,1-3H3,(H,45,51)/t28?,29?,30?,32-,35-,43?,44+/m1/s1. The van der Waals surface area contributed by atoms with Crippen LogP contribution in [-0.2, 0) is 42.4 Å². The predicted molar refractivity (Wildman–Crippen MR) is 208 cm³/mol. The van der Waals surface area contributed by atoms with E-state index < -0.39 is 17.4 Å². The first-order chi connectivity index (χ1) is 26.5. The van der Waals surface area contributed by atoms with Gasteiger partial charge in [0.05, 0.1) is 11.5 Å². The number of amides is 5. The van der Waals surface area contributed by atoms with Gasteiger partial charge in [-0.15, -0.1) is 0 Å². The molecule has 1 aromatic heterocycles. The van der Waals surface area contributed by atoms with E-state index in [1.54, 1.807) is 19.0 Å². The van der Waals surface area contributed by atoms with Crippen LogP contribution < -0.4 is 5.32 Å². The summed E-state index contributed by atoms with van der Waals surface area (Å²) >= 11 is 0. The third-order valence-corrected chi connectivity index (χ3v) is 15.2. The van der Waals surface area contributed by atoms with Crippen molar-refractivity contribution in [1.29, 1.82) is 0 Å². The van der Waals surface area contributed by atoms with Crippen molar-refractivity contribution in [3.8, 4) is 0 Å². The summed E-state index contributed by atoms with van der Waals surface area (Å²) in [5.74, 6) is 1.67. The van der Waals surface area contributed by atoms with Crippen LogP contribution >= 0.6 is 0 Å². The molecule has 4 heterocycles. The summed E-state index contributed by atoms with van der Waals surface area (Å²) < 4.78 is 0. The molecule has 2 N–H and O–H groups in total. The van der Waals surface area contributed by atoms with Gasteiger partial charge in [0.2, 0.25) is 29.5 Å². The topological polar surface area (TPSA) is 126 Å². The maximum atomic E-state index is 15.0. The van der Waals surface area contributed by atoms with Gasteiger partial charge < -0.3 is 29.9 Å². The number of aromatic nitrogens is 1. The summed E-state index contributed by atoms with van der Waals surface area (Å²) in [7, 11) is 3.55. The van der Waals surface area contributed by atoms with Crippen LogP contribution in [0.5, 0.6) is 0 Å². The summed E-state index contributed by atoms with van der Waals surface area (Å²) in [4.78, 5) is 80.1. The van der Waals surface area contributed by atoms with Crippen molar-refractivity contribution in [2.24, 2.45) is 40.9 Å². The number of carbonyl (C=O) groups is 5. The highest BCUT2D eigenvalue weighted by Gasteiger charge is 2.59. The SMILES string of the molecule is CC[C@]12c3[nH]c4cc(CCC(=O)N(C)C)ccc4c3CCN1C(=O)[C@@H](CC(=O)NCC13CC4CC(CC(C4)C1)C3)C[C@@H]2C(=O)N1CCN(C(=O)C2CC2)CC1. The molecule has 7 fully saturated rings. The molecule has 5 saturated carbocycles. The van der Waals surface area contributed by atoms with Gasteiger partial charge in [-0.25, -0.2) is 0 Å². The molecule has 4 bridgehead atoms. The summed E-state index contributed by atoms with van der Waals surface area (Å²) in [5.41, 5.74) is 3.45. The third kappa shape index (κ3) is 6.45. The lowest BCUT2D eigenvalue weighted by Crippen LogP contribution is -2.66. The number of fused-ring (bicyclic) bond motifs is 5. The molecule has 0 spiro atoms. The van der Waals surface area contributed by atoms with Crippen LogP contribution in [0.3, 0.4) is 0 Å². The van der Waals surface area contributed by atoms with E-state index in [-0.39, 0.29) is 47.3 Å². The highest BCUT2D eigenvalue weighted by Crippen LogP contribution is 2.60. The van der Waals surface area contributed by atoms with Gasteiger partial charge >= 0.3 is 0 Å². The predicted octanol–water partition coefficient (Wildman–Crippen LogP) is 4.62. The number of rotatable bonds is 10. The van der Waals surface area contributed by atoms with Crippen LogP contribution in [0.15, 0.2) is 18.2 Å². The Kier molecular flexibility index (Phi) is 9.31. The molecule has 55 heavy (non-hydrogen) atoms. The molecule has 10 rings (SSSR count). The quantitative estimate of drug-likeness (QED) is 0.367. The van der Waals surface area contributed by atoms with Crippen LogP contribution in [0.4, 0.5) is 0 Å². The number of benzene rings is 1. The van der Waals surface area contributed by atoms with Gasteiger partial charge in [-0.1, -0.05) is 19.1 Å². The lowest BCUT2D eigenvalue weighted by Gasteiger charge is -2.57. The van der Waals surface area contributed by atoms with Crippen LogP contribution in [0.1, 0.15) is 101 Å². The number of piperidine rings is 1. The average molecular weight is 753 g/mol. The molecule has 11 nitrogen and oxygen atoms in total. The minimum Gasteiger partial charge on any atom is -0.356 e. The first-order valence-electron chi connectivity index (χ1n) is 21.5. The Hall–Kier alpha value is -3.89. The van der Waals surface area contributed by atoms with Crippen molar-refractivity contribution in [1.82, 2.24) is 29.9 Å². The number of carbonyl (C=O) groups excluding carboxylic acids is 5. The van der Waals surface area contributed by atoms with E-state index in [1.165, 1.54) is 38.5 Å². The first kappa shape index (κ1) is 36.7. The molecule has 11 heteroatoms. The Labute approximate surface area is 325 Å². The van der Waals surface area contributed by atoms with Crippen molar-refractivity contribution in [2.75, 3.05) is 53.4 Å². The smallest absolute Gasteiger partial charge is 0.228 e. The third-order valence-electron chi connectivity index (χ3n) is 15.2. The molecule has 0 radical (unpaired) electrons. The lowest BCUT2D eigenvalue weighted by molar-refractivity contribution is -0.168. The summed E-state index contributed by atoms with van der Waals surface area (Å²) in [6, 6.07) is 6.35. The van der Waals surface area contributed by atoms with Crippen molar-refractivity contribution in [3.63, 3.8) is 0 Å². The largest absolute Gasteiger partial charge is 0.356 e. The average Bonchev–Trinajstić information content (AvgIpc) is 3.96. The number of aromatic amines is 1. The molecule has 296 valence electrons. The van der Waals surface area contributed by atoms with Gasteiger partial charge in [0, 0.05) is 94.6 Å². The molecule has 1 aromatic carbocycles. The fourth-order valence-corrected chi connectivity index (χ4v) is 12.7. The zero-order valence-corrected chi connectivity index (χ0v) is 33.2. The second-order valence-corrected chi connectivity index (χ2v) is 19.0. The Bertz CT molecular complexity index is 1850. The van der Waals surface area contributed by atoms with Crippen LogP contribution in [0.2, 0.25) is 0 Å². The van der Waals surface area contributed by atoms with Gasteiger partial charge in [-0.2, -0.15) is 0 Å². The van der Waals surface area contributed by atoms with E-state index in [9.17, 15) is 19.2 Å². The molecular weight excluding hydrogens is 693 g/mol. The Morgan fingerprint density at radius 3 is 2.16 bits per heavy atom. The number of hydrogen-bond donors (Lipinski definition) is 2. The number of H-pyrrole nitrogens is 1. The van der Waals surface area contributed by atoms with E-state index in [2.05, 4.69) is 35.4 Å². The second-order valence-electron chi connectivity index (χ2n) is 19.0. The van der Waals surface area contributed by atoms with Gasteiger partial charge in [0.15, 0.2) is 0 Å². The summed E-state index contributed by atoms with van der Waals surface area (Å²) in [6.45, 7) is 5.30. The maximum absolute atomic E-state index is 15.0. The van der Waals surface area contributed by atoms with E-state index in [4.69, 9.17) is 0 Å². The van der Waals surface area contributed by atoms with Gasteiger partial charge in [0.1, 0.15) is 0 Å². The van der Waals surface area contributed by atoms with E-state index >= 15 is 4.79 Å². The Balaban J connectivity index is 0.990. The maximum Gasteiger partial charge on any atom is 0.228 e. The molecule has 3 atom stereocenters. The Morgan fingerprint density at radius 1 is 0.891 bits per heavy atom. The molecule has 5 amide bonds. The van der Waals surface area contributed by atoms with Gasteiger partial charge in [0.25, 0.3) is 0 Å². The fourth-order valence-electron chi connectivity index (χ4n) is 12.7.